The van der Waals surface area contributed by atoms with Crippen molar-refractivity contribution in [2.45, 2.75) is 25.6 Å². The number of fused-ring (bicyclic) bond motifs is 1. The van der Waals surface area contributed by atoms with E-state index >= 15 is 0 Å². The van der Waals surface area contributed by atoms with Gasteiger partial charge in [-0.1, -0.05) is 58.4 Å². The minimum atomic E-state index is 0.475. The van der Waals surface area contributed by atoms with Crippen molar-refractivity contribution in [3.05, 3.63) is 69.7 Å². The maximum Gasteiger partial charge on any atom is 0.0363 e. The van der Waals surface area contributed by atoms with Gasteiger partial charge in [-0.2, -0.15) is 0 Å². The lowest BCUT2D eigenvalue weighted by Gasteiger charge is -2.29. The van der Waals surface area contributed by atoms with E-state index in [1.807, 2.05) is 0 Å². The molecule has 21 heavy (non-hydrogen) atoms. The maximum absolute atomic E-state index is 3.66. The molecule has 3 heteroatoms. The standard InChI is InChI=1S/C18H21BrN2/c1-21(13-15-7-3-5-9-17(15)19)18-10-11-20-12-14-6-2-4-8-16(14)18/h2-9,18,20H,10-13H2,1H3. The third kappa shape index (κ3) is 3.37. The summed E-state index contributed by atoms with van der Waals surface area (Å²) in [7, 11) is 2.23. The van der Waals surface area contributed by atoms with Gasteiger partial charge in [0.25, 0.3) is 0 Å². The highest BCUT2D eigenvalue weighted by molar-refractivity contribution is 9.10. The first-order valence-electron chi connectivity index (χ1n) is 7.48. The van der Waals surface area contributed by atoms with E-state index in [-0.39, 0.29) is 0 Å². The van der Waals surface area contributed by atoms with Crippen LogP contribution in [0, 0.1) is 0 Å². The van der Waals surface area contributed by atoms with E-state index in [2.05, 4.69) is 81.7 Å². The summed E-state index contributed by atoms with van der Waals surface area (Å²) < 4.78 is 1.19. The molecule has 1 aliphatic heterocycles. The van der Waals surface area contributed by atoms with Gasteiger partial charge in [-0.25, -0.2) is 0 Å². The molecule has 0 amide bonds. The lowest BCUT2D eigenvalue weighted by atomic mass is 9.98. The second-order valence-corrected chi connectivity index (χ2v) is 6.54. The summed E-state index contributed by atoms with van der Waals surface area (Å²) in [4.78, 5) is 2.46. The van der Waals surface area contributed by atoms with Crippen LogP contribution in [0.4, 0.5) is 0 Å². The lowest BCUT2D eigenvalue weighted by molar-refractivity contribution is 0.226. The van der Waals surface area contributed by atoms with Crippen molar-refractivity contribution in [2.75, 3.05) is 13.6 Å². The molecular formula is C18H21BrN2. The van der Waals surface area contributed by atoms with Gasteiger partial charge in [0, 0.05) is 23.6 Å². The molecule has 0 bridgehead atoms. The molecule has 3 rings (SSSR count). The van der Waals surface area contributed by atoms with E-state index in [0.717, 1.165) is 26.1 Å². The molecule has 0 fully saturated rings. The van der Waals surface area contributed by atoms with Gasteiger partial charge < -0.3 is 5.32 Å². The van der Waals surface area contributed by atoms with Crippen molar-refractivity contribution in [3.8, 4) is 0 Å². The fourth-order valence-corrected chi connectivity index (χ4v) is 3.51. The fourth-order valence-electron chi connectivity index (χ4n) is 3.10. The molecule has 1 N–H and O–H groups in total. The summed E-state index contributed by atoms with van der Waals surface area (Å²) >= 11 is 3.66. The van der Waals surface area contributed by atoms with Gasteiger partial charge in [0.1, 0.15) is 0 Å². The highest BCUT2D eigenvalue weighted by Gasteiger charge is 2.22. The molecule has 1 heterocycles. The lowest BCUT2D eigenvalue weighted by Crippen LogP contribution is -2.25. The molecule has 1 aliphatic rings. The predicted octanol–water partition coefficient (Wildman–Crippen LogP) is 4.12. The van der Waals surface area contributed by atoms with Gasteiger partial charge in [0.05, 0.1) is 0 Å². The average molecular weight is 345 g/mol. The van der Waals surface area contributed by atoms with Crippen LogP contribution in [0.25, 0.3) is 0 Å². The molecule has 0 aromatic heterocycles. The Labute approximate surface area is 135 Å². The zero-order valence-corrected chi connectivity index (χ0v) is 13.9. The SMILES string of the molecule is CN(Cc1ccccc1Br)C1CCNCc2ccccc21. The third-order valence-corrected chi connectivity index (χ3v) is 5.01. The Morgan fingerprint density at radius 2 is 1.90 bits per heavy atom. The summed E-state index contributed by atoms with van der Waals surface area (Å²) in [5, 5.41) is 3.53. The summed E-state index contributed by atoms with van der Waals surface area (Å²) in [5.74, 6) is 0. The molecule has 2 aromatic rings. The molecule has 0 saturated heterocycles. The van der Waals surface area contributed by atoms with E-state index in [0.29, 0.717) is 6.04 Å². The summed E-state index contributed by atoms with van der Waals surface area (Å²) in [5.41, 5.74) is 4.24. The fraction of sp³-hybridized carbons (Fsp3) is 0.333. The summed E-state index contributed by atoms with van der Waals surface area (Å²) in [6.45, 7) is 3.01. The van der Waals surface area contributed by atoms with Crippen molar-refractivity contribution in [1.82, 2.24) is 10.2 Å². The number of benzene rings is 2. The molecule has 0 aliphatic carbocycles. The minimum absolute atomic E-state index is 0.475. The number of nitrogens with zero attached hydrogens (tertiary/aromatic N) is 1. The maximum atomic E-state index is 3.66. The van der Waals surface area contributed by atoms with Crippen LogP contribution in [0.15, 0.2) is 53.0 Å². The van der Waals surface area contributed by atoms with Gasteiger partial charge >= 0.3 is 0 Å². The van der Waals surface area contributed by atoms with Gasteiger partial charge in [-0.05, 0) is 42.8 Å². The van der Waals surface area contributed by atoms with Gasteiger partial charge in [0.15, 0.2) is 0 Å². The largest absolute Gasteiger partial charge is 0.313 e. The second kappa shape index (κ2) is 6.73. The highest BCUT2D eigenvalue weighted by atomic mass is 79.9. The van der Waals surface area contributed by atoms with Gasteiger partial charge in [0.2, 0.25) is 0 Å². The number of hydrogen-bond donors (Lipinski definition) is 1. The number of rotatable bonds is 3. The van der Waals surface area contributed by atoms with E-state index < -0.39 is 0 Å². The Kier molecular flexibility index (Phi) is 4.73. The molecule has 110 valence electrons. The first-order valence-corrected chi connectivity index (χ1v) is 8.27. The zero-order valence-electron chi connectivity index (χ0n) is 12.3. The topological polar surface area (TPSA) is 15.3 Å². The van der Waals surface area contributed by atoms with Crippen LogP contribution in [-0.4, -0.2) is 18.5 Å². The van der Waals surface area contributed by atoms with E-state index in [4.69, 9.17) is 0 Å². The highest BCUT2D eigenvalue weighted by Crippen LogP contribution is 2.30. The van der Waals surface area contributed by atoms with Crippen molar-refractivity contribution in [3.63, 3.8) is 0 Å². The average Bonchev–Trinajstić information content (AvgIpc) is 2.72. The minimum Gasteiger partial charge on any atom is -0.313 e. The van der Waals surface area contributed by atoms with Crippen molar-refractivity contribution >= 4 is 15.9 Å². The quantitative estimate of drug-likeness (QED) is 0.900. The van der Waals surface area contributed by atoms with E-state index in [1.54, 1.807) is 0 Å². The Balaban J connectivity index is 1.84. The van der Waals surface area contributed by atoms with Crippen molar-refractivity contribution in [2.24, 2.45) is 0 Å². The van der Waals surface area contributed by atoms with Crippen LogP contribution < -0.4 is 5.32 Å². The molecule has 0 saturated carbocycles. The number of nitrogens with one attached hydrogen (secondary N) is 1. The molecule has 0 radical (unpaired) electrons. The molecule has 2 aromatic carbocycles. The molecule has 0 spiro atoms. The third-order valence-electron chi connectivity index (χ3n) is 4.23. The summed E-state index contributed by atoms with van der Waals surface area (Å²) in [6.07, 6.45) is 1.15. The Morgan fingerprint density at radius 1 is 1.14 bits per heavy atom. The van der Waals surface area contributed by atoms with Crippen LogP contribution in [0.1, 0.15) is 29.2 Å². The van der Waals surface area contributed by atoms with Crippen molar-refractivity contribution < 1.29 is 0 Å². The van der Waals surface area contributed by atoms with Gasteiger partial charge in [-0.3, -0.25) is 4.90 Å². The molecule has 1 atom stereocenters. The molecule has 1 unspecified atom stereocenters. The molecular weight excluding hydrogens is 324 g/mol. The monoisotopic (exact) mass is 344 g/mol. The molecule has 2 nitrogen and oxygen atoms in total. The zero-order chi connectivity index (χ0) is 14.7. The van der Waals surface area contributed by atoms with E-state index in [1.165, 1.54) is 21.2 Å². The number of halogens is 1. The number of hydrogen-bond acceptors (Lipinski definition) is 2. The van der Waals surface area contributed by atoms with Crippen LogP contribution in [0.3, 0.4) is 0 Å². The van der Waals surface area contributed by atoms with Crippen LogP contribution >= 0.6 is 15.9 Å². The van der Waals surface area contributed by atoms with Crippen LogP contribution in [-0.2, 0) is 13.1 Å². The van der Waals surface area contributed by atoms with Crippen LogP contribution in [0.2, 0.25) is 0 Å². The Bertz CT molecular complexity index is 612. The Hall–Kier alpha value is -1.16. The predicted molar refractivity (Wildman–Crippen MR) is 91.1 cm³/mol. The normalized spacial score (nSPS) is 18.3. The second-order valence-electron chi connectivity index (χ2n) is 5.69. The van der Waals surface area contributed by atoms with Crippen LogP contribution in [0.5, 0.6) is 0 Å². The summed E-state index contributed by atoms with van der Waals surface area (Å²) in [6, 6.07) is 17.8. The first-order chi connectivity index (χ1) is 10.3. The van der Waals surface area contributed by atoms with Gasteiger partial charge in [-0.15, -0.1) is 0 Å². The smallest absolute Gasteiger partial charge is 0.0363 e. The van der Waals surface area contributed by atoms with Crippen molar-refractivity contribution in [1.29, 1.82) is 0 Å². The first kappa shape index (κ1) is 14.8. The van der Waals surface area contributed by atoms with E-state index in [9.17, 15) is 0 Å². The Morgan fingerprint density at radius 3 is 2.76 bits per heavy atom.